The predicted molar refractivity (Wildman–Crippen MR) is 97.6 cm³/mol. The summed E-state index contributed by atoms with van der Waals surface area (Å²) < 4.78 is 10.9. The van der Waals surface area contributed by atoms with Crippen LogP contribution >= 0.6 is 0 Å². The minimum atomic E-state index is -0.632. The molecule has 1 N–H and O–H groups in total. The molecule has 0 saturated heterocycles. The van der Waals surface area contributed by atoms with Gasteiger partial charge in [-0.1, -0.05) is 53.2 Å². The highest BCUT2D eigenvalue weighted by Crippen LogP contribution is 2.20. The van der Waals surface area contributed by atoms with Gasteiger partial charge in [0, 0.05) is 5.56 Å². The van der Waals surface area contributed by atoms with Crippen LogP contribution in [0.2, 0.25) is 0 Å². The molecule has 1 amide bonds. The minimum Gasteiger partial charge on any atom is -0.481 e. The van der Waals surface area contributed by atoms with Crippen molar-refractivity contribution in [3.63, 3.8) is 0 Å². The number of carbonyl (C=O) groups is 1. The summed E-state index contributed by atoms with van der Waals surface area (Å²) in [4.78, 5) is 16.5. The van der Waals surface area contributed by atoms with Crippen LogP contribution in [0.4, 0.5) is 0 Å². The second-order valence-corrected chi connectivity index (χ2v) is 6.12. The quantitative estimate of drug-likeness (QED) is 0.736. The fourth-order valence-electron chi connectivity index (χ4n) is 2.51. The summed E-state index contributed by atoms with van der Waals surface area (Å²) in [5, 5.41) is 6.68. The maximum atomic E-state index is 12.2. The van der Waals surface area contributed by atoms with Crippen LogP contribution in [-0.4, -0.2) is 22.2 Å². The number of hydrogen-bond acceptors (Lipinski definition) is 5. The molecule has 0 bridgehead atoms. The first-order chi connectivity index (χ1) is 12.5. The van der Waals surface area contributed by atoms with E-state index in [9.17, 15) is 4.79 Å². The normalized spacial score (nSPS) is 11.8. The second kappa shape index (κ2) is 7.82. The Bertz CT molecular complexity index is 890. The molecule has 0 fully saturated rings. The Hall–Kier alpha value is -3.15. The summed E-state index contributed by atoms with van der Waals surface area (Å²) in [6, 6.07) is 15.4. The van der Waals surface area contributed by atoms with E-state index in [1.54, 1.807) is 6.92 Å². The van der Waals surface area contributed by atoms with Crippen molar-refractivity contribution in [2.45, 2.75) is 33.4 Å². The fourth-order valence-corrected chi connectivity index (χ4v) is 2.51. The van der Waals surface area contributed by atoms with Crippen molar-refractivity contribution in [1.82, 2.24) is 15.5 Å². The smallest absolute Gasteiger partial charge is 0.261 e. The van der Waals surface area contributed by atoms with Crippen LogP contribution in [0.3, 0.4) is 0 Å². The lowest BCUT2D eigenvalue weighted by Crippen LogP contribution is -2.36. The number of aromatic nitrogens is 2. The summed E-state index contributed by atoms with van der Waals surface area (Å²) in [7, 11) is 0. The van der Waals surface area contributed by atoms with Gasteiger partial charge in [-0.2, -0.15) is 4.98 Å². The Balaban J connectivity index is 1.56. The first-order valence-corrected chi connectivity index (χ1v) is 8.42. The number of nitrogens with zero attached hydrogens (tertiary/aromatic N) is 2. The summed E-state index contributed by atoms with van der Waals surface area (Å²) in [6.45, 7) is 5.83. The number of carbonyl (C=O) groups excluding carboxylic acids is 1. The number of ether oxygens (including phenoxy) is 1. The number of benzene rings is 2. The molecule has 0 saturated carbocycles. The van der Waals surface area contributed by atoms with Crippen molar-refractivity contribution in [3.8, 4) is 17.1 Å². The third-order valence-corrected chi connectivity index (χ3v) is 3.92. The van der Waals surface area contributed by atoms with Gasteiger partial charge in [0.15, 0.2) is 6.10 Å². The molecule has 26 heavy (non-hydrogen) atoms. The van der Waals surface area contributed by atoms with Crippen LogP contribution < -0.4 is 10.1 Å². The van der Waals surface area contributed by atoms with Crippen LogP contribution in [0.1, 0.15) is 23.9 Å². The number of rotatable bonds is 6. The lowest BCUT2D eigenvalue weighted by molar-refractivity contribution is -0.127. The van der Waals surface area contributed by atoms with Gasteiger partial charge in [-0.25, -0.2) is 0 Å². The van der Waals surface area contributed by atoms with E-state index in [1.165, 1.54) is 0 Å². The molecule has 0 aliphatic rings. The van der Waals surface area contributed by atoms with Gasteiger partial charge >= 0.3 is 0 Å². The highest BCUT2D eigenvalue weighted by atomic mass is 16.5. The van der Waals surface area contributed by atoms with E-state index in [-0.39, 0.29) is 12.5 Å². The Morgan fingerprint density at radius 3 is 2.69 bits per heavy atom. The van der Waals surface area contributed by atoms with E-state index in [0.29, 0.717) is 17.5 Å². The van der Waals surface area contributed by atoms with Crippen LogP contribution in [0.5, 0.6) is 5.75 Å². The van der Waals surface area contributed by atoms with Crippen molar-refractivity contribution in [2.75, 3.05) is 0 Å². The van der Waals surface area contributed by atoms with Crippen LogP contribution in [0, 0.1) is 13.8 Å². The predicted octanol–water partition coefficient (Wildman–Crippen LogP) is 3.44. The molecule has 1 atom stereocenters. The van der Waals surface area contributed by atoms with Crippen LogP contribution in [-0.2, 0) is 11.3 Å². The zero-order chi connectivity index (χ0) is 18.5. The third kappa shape index (κ3) is 4.27. The molecule has 6 nitrogen and oxygen atoms in total. The second-order valence-electron chi connectivity index (χ2n) is 6.12. The van der Waals surface area contributed by atoms with Gasteiger partial charge in [-0.05, 0) is 32.4 Å². The lowest BCUT2D eigenvalue weighted by atomic mass is 10.1. The molecule has 0 unspecified atom stereocenters. The molecule has 3 rings (SSSR count). The molecule has 134 valence electrons. The standard InChI is InChI=1S/C20H21N3O3/c1-13-9-10-17(14(2)11-13)25-15(3)20(24)21-12-18-22-19(23-26-18)16-7-5-4-6-8-16/h4-11,15H,12H2,1-3H3,(H,21,24)/t15-/m1/s1. The molecule has 0 radical (unpaired) electrons. The van der Waals surface area contributed by atoms with Crippen molar-refractivity contribution < 1.29 is 14.1 Å². The maximum absolute atomic E-state index is 12.2. The lowest BCUT2D eigenvalue weighted by Gasteiger charge is -2.16. The van der Waals surface area contributed by atoms with E-state index >= 15 is 0 Å². The minimum absolute atomic E-state index is 0.152. The zero-order valence-corrected chi connectivity index (χ0v) is 15.0. The molecule has 2 aromatic carbocycles. The third-order valence-electron chi connectivity index (χ3n) is 3.92. The molecule has 6 heteroatoms. The Morgan fingerprint density at radius 1 is 1.19 bits per heavy atom. The molecule has 0 aliphatic heterocycles. The summed E-state index contributed by atoms with van der Waals surface area (Å²) >= 11 is 0. The highest BCUT2D eigenvalue weighted by molar-refractivity contribution is 5.80. The maximum Gasteiger partial charge on any atom is 0.261 e. The van der Waals surface area contributed by atoms with E-state index in [1.807, 2.05) is 62.4 Å². The Morgan fingerprint density at radius 2 is 1.96 bits per heavy atom. The first kappa shape index (κ1) is 17.7. The average molecular weight is 351 g/mol. The van der Waals surface area contributed by atoms with Crippen molar-refractivity contribution >= 4 is 5.91 Å². The van der Waals surface area contributed by atoms with E-state index in [4.69, 9.17) is 9.26 Å². The fraction of sp³-hybridized carbons (Fsp3) is 0.250. The first-order valence-electron chi connectivity index (χ1n) is 8.42. The van der Waals surface area contributed by atoms with Gasteiger partial charge in [0.2, 0.25) is 11.7 Å². The monoisotopic (exact) mass is 351 g/mol. The highest BCUT2D eigenvalue weighted by Gasteiger charge is 2.17. The van der Waals surface area contributed by atoms with Gasteiger partial charge in [0.25, 0.3) is 5.91 Å². The number of aryl methyl sites for hydroxylation is 2. The SMILES string of the molecule is Cc1ccc(O[C@H](C)C(=O)NCc2nc(-c3ccccc3)no2)c(C)c1. The van der Waals surface area contributed by atoms with Crippen molar-refractivity contribution in [2.24, 2.45) is 0 Å². The van der Waals surface area contributed by atoms with E-state index < -0.39 is 6.10 Å². The van der Waals surface area contributed by atoms with Crippen molar-refractivity contribution in [1.29, 1.82) is 0 Å². The Kier molecular flexibility index (Phi) is 5.31. The summed E-state index contributed by atoms with van der Waals surface area (Å²) in [6.07, 6.45) is -0.632. The Labute approximate surface area is 152 Å². The number of hydrogen-bond donors (Lipinski definition) is 1. The van der Waals surface area contributed by atoms with Gasteiger partial charge in [-0.3, -0.25) is 4.79 Å². The van der Waals surface area contributed by atoms with Gasteiger partial charge in [0.1, 0.15) is 5.75 Å². The molecule has 1 aromatic heterocycles. The molecular formula is C20H21N3O3. The molecule has 1 heterocycles. The van der Waals surface area contributed by atoms with Gasteiger partial charge in [0.05, 0.1) is 6.54 Å². The average Bonchev–Trinajstić information content (AvgIpc) is 3.11. The largest absolute Gasteiger partial charge is 0.481 e. The van der Waals surface area contributed by atoms with Gasteiger partial charge in [-0.15, -0.1) is 0 Å². The molecule has 0 aliphatic carbocycles. The van der Waals surface area contributed by atoms with Crippen molar-refractivity contribution in [3.05, 3.63) is 65.5 Å². The van der Waals surface area contributed by atoms with Crippen LogP contribution in [0.15, 0.2) is 53.1 Å². The van der Waals surface area contributed by atoms with E-state index in [0.717, 1.165) is 16.7 Å². The summed E-state index contributed by atoms with van der Waals surface area (Å²) in [5.41, 5.74) is 3.01. The zero-order valence-electron chi connectivity index (χ0n) is 15.0. The van der Waals surface area contributed by atoms with Gasteiger partial charge < -0.3 is 14.6 Å². The van der Waals surface area contributed by atoms with Crippen LogP contribution in [0.25, 0.3) is 11.4 Å². The molecule has 0 spiro atoms. The molecular weight excluding hydrogens is 330 g/mol. The molecule has 3 aromatic rings. The van der Waals surface area contributed by atoms with E-state index in [2.05, 4.69) is 15.5 Å². The topological polar surface area (TPSA) is 77.2 Å². The summed E-state index contributed by atoms with van der Waals surface area (Å²) in [5.74, 6) is 1.29. The number of amides is 1. The number of nitrogens with one attached hydrogen (secondary N) is 1.